The van der Waals surface area contributed by atoms with Crippen molar-refractivity contribution in [2.24, 2.45) is 11.8 Å². The molecule has 3 aliphatic heterocycles. The van der Waals surface area contributed by atoms with Gasteiger partial charge < -0.3 is 19.8 Å². The van der Waals surface area contributed by atoms with E-state index in [1.165, 1.54) is 11.8 Å². The average molecular weight is 552 g/mol. The van der Waals surface area contributed by atoms with Gasteiger partial charge in [-0.05, 0) is 42.7 Å². The summed E-state index contributed by atoms with van der Waals surface area (Å²) in [6.45, 7) is 9.07. The second-order valence-corrected chi connectivity index (χ2v) is 12.0. The Balaban J connectivity index is 1.05. The Morgan fingerprint density at radius 1 is 0.976 bits per heavy atom. The molecule has 1 aromatic carbocycles. The van der Waals surface area contributed by atoms with Gasteiger partial charge in [0.2, 0.25) is 5.82 Å². The van der Waals surface area contributed by atoms with E-state index < -0.39 is 5.97 Å². The Bertz CT molecular complexity index is 1640. The van der Waals surface area contributed by atoms with E-state index in [0.717, 1.165) is 49.5 Å². The summed E-state index contributed by atoms with van der Waals surface area (Å²) in [5.74, 6) is -0.292. The van der Waals surface area contributed by atoms with Crippen molar-refractivity contribution < 1.29 is 14.7 Å². The summed E-state index contributed by atoms with van der Waals surface area (Å²) >= 11 is 0. The highest BCUT2D eigenvalue weighted by molar-refractivity contribution is 5.91. The molecule has 1 N–H and O–H groups in total. The molecule has 210 valence electrons. The van der Waals surface area contributed by atoms with Gasteiger partial charge in [0.25, 0.3) is 5.91 Å². The van der Waals surface area contributed by atoms with Gasteiger partial charge in [0, 0.05) is 68.4 Å². The molecule has 0 bridgehead atoms. The molecule has 10 nitrogen and oxygen atoms in total. The number of nitrogens with zero attached hydrogens (tertiary/aromatic N) is 7. The van der Waals surface area contributed by atoms with Gasteiger partial charge in [-0.3, -0.25) is 4.79 Å². The zero-order chi connectivity index (χ0) is 28.3. The minimum Gasteiger partial charge on any atom is -0.477 e. The molecular weight excluding hydrogens is 518 g/mol. The van der Waals surface area contributed by atoms with E-state index in [1.54, 1.807) is 10.6 Å². The average Bonchev–Trinajstić information content (AvgIpc) is 3.76. The number of likely N-dealkylation sites (tertiary alicyclic amines) is 1. The number of carbonyl (C=O) groups is 2. The fourth-order valence-electron chi connectivity index (χ4n) is 6.90. The maximum atomic E-state index is 13.5. The van der Waals surface area contributed by atoms with Gasteiger partial charge in [-0.15, -0.1) is 5.10 Å². The zero-order valence-electron chi connectivity index (χ0n) is 23.3. The molecule has 3 fully saturated rings. The maximum Gasteiger partial charge on any atom is 0.354 e. The number of carboxylic acids is 1. The second kappa shape index (κ2) is 9.57. The van der Waals surface area contributed by atoms with Crippen LogP contribution in [-0.2, 0) is 5.41 Å². The number of hydrogen-bond acceptors (Lipinski definition) is 7. The van der Waals surface area contributed by atoms with Crippen molar-refractivity contribution in [2.45, 2.75) is 25.7 Å². The standard InChI is InChI=1S/C31H33N7O3/c1-20-12-25(35-11-9-31(2,19-35)23-6-4-3-5-7-23)18-38-28(20)33-27(34-38)29(39)37-16-21-14-36(15-22(21)17-37)24-8-10-32-26(13-24)30(40)41/h3-8,10,12-13,18,21-22H,9,11,14-17,19H2,1-2H3,(H,40,41)/t21?,22?,31-/m0/s1. The summed E-state index contributed by atoms with van der Waals surface area (Å²) in [5, 5.41) is 13.9. The lowest BCUT2D eigenvalue weighted by Crippen LogP contribution is -2.34. The van der Waals surface area contributed by atoms with E-state index in [9.17, 15) is 14.7 Å². The molecule has 0 aliphatic carbocycles. The predicted molar refractivity (Wildman–Crippen MR) is 155 cm³/mol. The Kier molecular flexibility index (Phi) is 5.95. The minimum absolute atomic E-state index is 0.0441. The molecule has 2 unspecified atom stereocenters. The molecule has 4 aromatic rings. The monoisotopic (exact) mass is 551 g/mol. The Labute approximate surface area is 238 Å². The van der Waals surface area contributed by atoms with Crippen LogP contribution in [0.4, 0.5) is 11.4 Å². The molecule has 1 amide bonds. The number of aromatic carboxylic acids is 1. The number of hydrogen-bond donors (Lipinski definition) is 1. The van der Waals surface area contributed by atoms with Crippen LogP contribution in [0.5, 0.6) is 0 Å². The molecule has 41 heavy (non-hydrogen) atoms. The molecule has 3 aromatic heterocycles. The predicted octanol–water partition coefficient (Wildman–Crippen LogP) is 3.51. The van der Waals surface area contributed by atoms with Crippen molar-refractivity contribution in [1.29, 1.82) is 0 Å². The first-order valence-corrected chi connectivity index (χ1v) is 14.2. The van der Waals surface area contributed by atoms with Gasteiger partial charge in [-0.25, -0.2) is 19.3 Å². The normalized spacial score (nSPS) is 23.9. The highest BCUT2D eigenvalue weighted by atomic mass is 16.4. The minimum atomic E-state index is -1.03. The zero-order valence-corrected chi connectivity index (χ0v) is 23.3. The first-order valence-electron chi connectivity index (χ1n) is 14.2. The van der Waals surface area contributed by atoms with E-state index in [-0.39, 0.29) is 22.8 Å². The SMILES string of the molecule is Cc1cc(N2CC[C@](C)(c3ccccc3)C2)cn2nc(C(=O)N3CC4CN(c5ccnc(C(=O)O)c5)CC4C3)nc12. The van der Waals surface area contributed by atoms with Crippen LogP contribution in [-0.4, -0.2) is 80.7 Å². The molecular formula is C31H33N7O3. The molecule has 0 saturated carbocycles. The molecule has 0 spiro atoms. The van der Waals surface area contributed by atoms with E-state index in [4.69, 9.17) is 0 Å². The Morgan fingerprint density at radius 2 is 1.73 bits per heavy atom. The summed E-state index contributed by atoms with van der Waals surface area (Å²) in [7, 11) is 0. The van der Waals surface area contributed by atoms with Crippen LogP contribution in [0.3, 0.4) is 0 Å². The van der Waals surface area contributed by atoms with E-state index in [2.05, 4.69) is 68.2 Å². The third-order valence-electron chi connectivity index (χ3n) is 9.20. The Morgan fingerprint density at radius 3 is 2.46 bits per heavy atom. The lowest BCUT2D eigenvalue weighted by Gasteiger charge is -2.26. The number of carbonyl (C=O) groups excluding carboxylic acids is 1. The van der Waals surface area contributed by atoms with Crippen LogP contribution in [0.1, 0.15) is 45.6 Å². The molecule has 3 aliphatic rings. The van der Waals surface area contributed by atoms with Crippen molar-refractivity contribution in [2.75, 3.05) is 49.1 Å². The number of amides is 1. The highest BCUT2D eigenvalue weighted by Crippen LogP contribution is 2.37. The van der Waals surface area contributed by atoms with Crippen LogP contribution >= 0.6 is 0 Å². The number of aryl methyl sites for hydroxylation is 1. The smallest absolute Gasteiger partial charge is 0.354 e. The number of aromatic nitrogens is 4. The summed E-state index contributed by atoms with van der Waals surface area (Å²) in [4.78, 5) is 39.9. The van der Waals surface area contributed by atoms with Crippen LogP contribution < -0.4 is 9.80 Å². The summed E-state index contributed by atoms with van der Waals surface area (Å²) in [5.41, 5.74) is 5.15. The number of fused-ring (bicyclic) bond motifs is 2. The van der Waals surface area contributed by atoms with Crippen LogP contribution in [0, 0.1) is 18.8 Å². The number of anilines is 2. The van der Waals surface area contributed by atoms with Crippen molar-refractivity contribution in [3.05, 3.63) is 83.6 Å². The third-order valence-corrected chi connectivity index (χ3v) is 9.20. The molecule has 0 radical (unpaired) electrons. The van der Waals surface area contributed by atoms with Crippen LogP contribution in [0.25, 0.3) is 5.65 Å². The molecule has 6 heterocycles. The fraction of sp³-hybridized carbons (Fsp3) is 0.387. The summed E-state index contributed by atoms with van der Waals surface area (Å²) in [6, 6.07) is 16.3. The molecule has 3 atom stereocenters. The van der Waals surface area contributed by atoms with Crippen molar-refractivity contribution in [3.63, 3.8) is 0 Å². The van der Waals surface area contributed by atoms with Gasteiger partial charge in [-0.1, -0.05) is 37.3 Å². The number of pyridine rings is 2. The van der Waals surface area contributed by atoms with Gasteiger partial charge >= 0.3 is 5.97 Å². The van der Waals surface area contributed by atoms with Crippen molar-refractivity contribution >= 4 is 28.9 Å². The lowest BCUT2D eigenvalue weighted by atomic mass is 9.82. The maximum absolute atomic E-state index is 13.5. The number of carboxylic acid groups (broad SMARTS) is 1. The quantitative estimate of drug-likeness (QED) is 0.402. The molecule has 7 rings (SSSR count). The topological polar surface area (TPSA) is 107 Å². The van der Waals surface area contributed by atoms with E-state index in [0.29, 0.717) is 30.6 Å². The summed E-state index contributed by atoms with van der Waals surface area (Å²) in [6.07, 6.45) is 4.61. The van der Waals surface area contributed by atoms with Crippen molar-refractivity contribution in [1.82, 2.24) is 24.5 Å². The number of rotatable bonds is 5. The van der Waals surface area contributed by atoms with Gasteiger partial charge in [0.15, 0.2) is 5.65 Å². The lowest BCUT2D eigenvalue weighted by molar-refractivity contribution is 0.0689. The third kappa shape index (κ3) is 4.47. The van der Waals surface area contributed by atoms with E-state index in [1.807, 2.05) is 24.1 Å². The van der Waals surface area contributed by atoms with Crippen molar-refractivity contribution in [3.8, 4) is 0 Å². The Hall–Kier alpha value is -4.47. The van der Waals surface area contributed by atoms with Crippen LogP contribution in [0.15, 0.2) is 60.9 Å². The van der Waals surface area contributed by atoms with Crippen LogP contribution in [0.2, 0.25) is 0 Å². The highest BCUT2D eigenvalue weighted by Gasteiger charge is 2.43. The van der Waals surface area contributed by atoms with Gasteiger partial charge in [0.1, 0.15) is 5.69 Å². The fourth-order valence-corrected chi connectivity index (χ4v) is 6.90. The summed E-state index contributed by atoms with van der Waals surface area (Å²) < 4.78 is 1.76. The van der Waals surface area contributed by atoms with Gasteiger partial charge in [0.05, 0.1) is 11.9 Å². The first-order chi connectivity index (χ1) is 19.8. The molecule has 3 saturated heterocycles. The first kappa shape index (κ1) is 25.5. The van der Waals surface area contributed by atoms with Gasteiger partial charge in [-0.2, -0.15) is 0 Å². The largest absolute Gasteiger partial charge is 0.477 e. The molecule has 10 heteroatoms. The van der Waals surface area contributed by atoms with E-state index >= 15 is 0 Å². The second-order valence-electron chi connectivity index (χ2n) is 12.0. The number of benzene rings is 1.